The van der Waals surface area contributed by atoms with Crippen molar-refractivity contribution in [1.82, 2.24) is 0 Å². The summed E-state index contributed by atoms with van der Waals surface area (Å²) in [6, 6.07) is 0. The van der Waals surface area contributed by atoms with E-state index in [-0.39, 0.29) is 31.6 Å². The maximum atomic E-state index is 12.9. The molecule has 0 saturated carbocycles. The van der Waals surface area contributed by atoms with Crippen molar-refractivity contribution in [2.45, 2.75) is 316 Å². The standard InChI is InChI=1S/C72H122O6/c1-4-7-10-13-16-19-22-25-28-30-32-33-34-35-36-37-38-39-40-42-44-47-50-53-56-59-62-65-71(74)77-68-69(67-76-70(73)64-61-58-55-52-49-46-43-27-24-21-18-15-12-9-6-3)78-72(75)66-63-60-57-54-51-48-45-41-31-29-26-23-20-17-14-11-8-5-2/h7,9-10,12,16,18-19,21,25,27-28,32-33,43,49,52,58,61,69H,4-6,8,11,13-15,17,20,22-24,26,29-31,34-42,44-48,50-51,53-57,59-60,62-68H2,1-3H3/b10-7-,12-9-,19-16-,21-18-,28-25-,33-32-,43-27-,52-49-,61-58-. The first kappa shape index (κ1) is 74.1. The van der Waals surface area contributed by atoms with Crippen molar-refractivity contribution in [2.75, 3.05) is 13.2 Å². The Balaban J connectivity index is 4.35. The van der Waals surface area contributed by atoms with Gasteiger partial charge in [-0.25, -0.2) is 0 Å². The van der Waals surface area contributed by atoms with Crippen LogP contribution < -0.4 is 0 Å². The van der Waals surface area contributed by atoms with E-state index in [0.717, 1.165) is 96.3 Å². The zero-order valence-corrected chi connectivity index (χ0v) is 51.2. The number of unbranched alkanes of at least 4 members (excludes halogenated alkanes) is 31. The van der Waals surface area contributed by atoms with Gasteiger partial charge >= 0.3 is 17.9 Å². The molecule has 0 rings (SSSR count). The van der Waals surface area contributed by atoms with E-state index in [2.05, 4.69) is 118 Å². The molecule has 0 fully saturated rings. The van der Waals surface area contributed by atoms with Crippen molar-refractivity contribution in [3.05, 3.63) is 109 Å². The van der Waals surface area contributed by atoms with Crippen LogP contribution in [0, 0.1) is 0 Å². The van der Waals surface area contributed by atoms with E-state index < -0.39 is 12.1 Å². The third-order valence-electron chi connectivity index (χ3n) is 14.1. The lowest BCUT2D eigenvalue weighted by atomic mass is 10.0. The van der Waals surface area contributed by atoms with Gasteiger partial charge in [0, 0.05) is 12.8 Å². The molecule has 1 unspecified atom stereocenters. The van der Waals surface area contributed by atoms with Gasteiger partial charge in [0.05, 0.1) is 6.42 Å². The van der Waals surface area contributed by atoms with E-state index in [4.69, 9.17) is 14.2 Å². The number of hydrogen-bond donors (Lipinski definition) is 0. The SMILES string of the molecule is CC/C=C\C/C=C\C/C=C\C/C=C\C/C=C\CC(=O)OCC(COC(=O)CCCCCCCCCCCCCCCC/C=C\C/C=C\C/C=C\C/C=C\CC)OC(=O)CCCCCCCCCCCCCCCCCCCC. The van der Waals surface area contributed by atoms with Gasteiger partial charge in [0.15, 0.2) is 6.10 Å². The first-order valence-corrected chi connectivity index (χ1v) is 32.9. The molecule has 0 aromatic carbocycles. The first-order valence-electron chi connectivity index (χ1n) is 32.9. The van der Waals surface area contributed by atoms with Crippen molar-refractivity contribution >= 4 is 17.9 Å². The predicted molar refractivity (Wildman–Crippen MR) is 339 cm³/mol. The van der Waals surface area contributed by atoms with Gasteiger partial charge in [-0.1, -0.05) is 316 Å². The molecular formula is C72H122O6. The summed E-state index contributed by atoms with van der Waals surface area (Å²) in [5.41, 5.74) is 0. The van der Waals surface area contributed by atoms with Gasteiger partial charge in [0.2, 0.25) is 0 Å². The van der Waals surface area contributed by atoms with Crippen LogP contribution in [-0.4, -0.2) is 37.2 Å². The minimum Gasteiger partial charge on any atom is -0.462 e. The number of carbonyl (C=O) groups excluding carboxylic acids is 3. The van der Waals surface area contributed by atoms with Crippen LogP contribution in [0.1, 0.15) is 310 Å². The lowest BCUT2D eigenvalue weighted by molar-refractivity contribution is -0.166. The molecule has 0 spiro atoms. The fraction of sp³-hybridized carbons (Fsp3) is 0.708. The van der Waals surface area contributed by atoms with Crippen molar-refractivity contribution < 1.29 is 28.6 Å². The summed E-state index contributed by atoms with van der Waals surface area (Å²) in [7, 11) is 0. The Hall–Kier alpha value is -3.93. The lowest BCUT2D eigenvalue weighted by Gasteiger charge is -2.18. The van der Waals surface area contributed by atoms with E-state index in [1.165, 1.54) is 173 Å². The van der Waals surface area contributed by atoms with Gasteiger partial charge in [-0.15, -0.1) is 0 Å². The molecule has 0 aliphatic rings. The van der Waals surface area contributed by atoms with Gasteiger partial charge in [0.25, 0.3) is 0 Å². The molecule has 446 valence electrons. The average molecular weight is 1080 g/mol. The molecule has 0 aliphatic heterocycles. The Kier molecular flexibility index (Phi) is 62.3. The van der Waals surface area contributed by atoms with E-state index >= 15 is 0 Å². The second-order valence-electron chi connectivity index (χ2n) is 21.6. The van der Waals surface area contributed by atoms with Crippen LogP contribution in [0.15, 0.2) is 109 Å². The zero-order valence-electron chi connectivity index (χ0n) is 51.2. The number of ether oxygens (including phenoxy) is 3. The Morgan fingerprint density at radius 3 is 0.897 bits per heavy atom. The molecule has 78 heavy (non-hydrogen) atoms. The summed E-state index contributed by atoms with van der Waals surface area (Å²) in [4.78, 5) is 38.3. The molecule has 0 aliphatic carbocycles. The first-order chi connectivity index (χ1) is 38.5. The second kappa shape index (κ2) is 65.6. The van der Waals surface area contributed by atoms with Gasteiger partial charge in [0.1, 0.15) is 13.2 Å². The Labute approximate surface area is 482 Å². The lowest BCUT2D eigenvalue weighted by Crippen LogP contribution is -2.30. The minimum atomic E-state index is -0.818. The van der Waals surface area contributed by atoms with Gasteiger partial charge in [-0.2, -0.15) is 0 Å². The molecule has 0 saturated heterocycles. The number of rotatable bonds is 59. The molecule has 6 nitrogen and oxygen atoms in total. The highest BCUT2D eigenvalue weighted by Gasteiger charge is 2.19. The molecule has 0 aromatic rings. The van der Waals surface area contributed by atoms with E-state index in [9.17, 15) is 14.4 Å². The van der Waals surface area contributed by atoms with Crippen LogP contribution in [0.3, 0.4) is 0 Å². The summed E-state index contributed by atoms with van der Waals surface area (Å²) in [6.45, 7) is 6.36. The molecule has 0 heterocycles. The highest BCUT2D eigenvalue weighted by molar-refractivity contribution is 5.72. The van der Waals surface area contributed by atoms with Crippen LogP contribution in [0.5, 0.6) is 0 Å². The number of carbonyl (C=O) groups is 3. The van der Waals surface area contributed by atoms with Crippen LogP contribution in [0.25, 0.3) is 0 Å². The maximum Gasteiger partial charge on any atom is 0.309 e. The third kappa shape index (κ3) is 62.9. The molecular weight excluding hydrogens is 961 g/mol. The summed E-state index contributed by atoms with van der Waals surface area (Å²) < 4.78 is 16.8. The molecule has 1 atom stereocenters. The van der Waals surface area contributed by atoms with Gasteiger partial charge < -0.3 is 14.2 Å². The van der Waals surface area contributed by atoms with E-state index in [1.807, 2.05) is 6.08 Å². The van der Waals surface area contributed by atoms with Crippen LogP contribution in [0.2, 0.25) is 0 Å². The fourth-order valence-corrected chi connectivity index (χ4v) is 9.22. The zero-order chi connectivity index (χ0) is 56.4. The quantitative estimate of drug-likeness (QED) is 0.0261. The normalized spacial score (nSPS) is 12.8. The fourth-order valence-electron chi connectivity index (χ4n) is 9.22. The average Bonchev–Trinajstić information content (AvgIpc) is 3.44. The minimum absolute atomic E-state index is 0.106. The summed E-state index contributed by atoms with van der Waals surface area (Å²) in [6.07, 6.45) is 89.9. The van der Waals surface area contributed by atoms with Crippen molar-refractivity contribution in [2.24, 2.45) is 0 Å². The van der Waals surface area contributed by atoms with E-state index in [1.54, 1.807) is 6.08 Å². The highest BCUT2D eigenvalue weighted by atomic mass is 16.6. The van der Waals surface area contributed by atoms with Gasteiger partial charge in [-0.05, 0) is 83.5 Å². The van der Waals surface area contributed by atoms with Gasteiger partial charge in [-0.3, -0.25) is 14.4 Å². The van der Waals surface area contributed by atoms with E-state index in [0.29, 0.717) is 12.8 Å². The van der Waals surface area contributed by atoms with Crippen LogP contribution in [0.4, 0.5) is 0 Å². The monoisotopic (exact) mass is 1080 g/mol. The summed E-state index contributed by atoms with van der Waals surface area (Å²) in [5, 5.41) is 0. The Morgan fingerprint density at radius 2 is 0.551 bits per heavy atom. The highest BCUT2D eigenvalue weighted by Crippen LogP contribution is 2.17. The largest absolute Gasteiger partial charge is 0.462 e. The second-order valence-corrected chi connectivity index (χ2v) is 21.6. The summed E-state index contributed by atoms with van der Waals surface area (Å²) in [5.74, 6) is -1.03. The van der Waals surface area contributed by atoms with Crippen molar-refractivity contribution in [1.29, 1.82) is 0 Å². The predicted octanol–water partition coefficient (Wildman–Crippen LogP) is 22.6. The number of esters is 3. The van der Waals surface area contributed by atoms with Crippen molar-refractivity contribution in [3.8, 4) is 0 Å². The smallest absolute Gasteiger partial charge is 0.309 e. The molecule has 6 heteroatoms. The Bertz CT molecular complexity index is 1570. The van der Waals surface area contributed by atoms with Crippen LogP contribution >= 0.6 is 0 Å². The Morgan fingerprint density at radius 1 is 0.282 bits per heavy atom. The number of hydrogen-bond acceptors (Lipinski definition) is 6. The summed E-state index contributed by atoms with van der Waals surface area (Å²) >= 11 is 0. The van der Waals surface area contributed by atoms with Crippen LogP contribution in [-0.2, 0) is 28.6 Å². The number of allylic oxidation sites excluding steroid dienone is 17. The molecule has 0 N–H and O–H groups in total. The molecule has 0 bridgehead atoms. The topological polar surface area (TPSA) is 78.9 Å². The maximum absolute atomic E-state index is 12.9. The molecule has 0 radical (unpaired) electrons. The molecule has 0 aromatic heterocycles. The molecule has 0 amide bonds. The third-order valence-corrected chi connectivity index (χ3v) is 14.1. The van der Waals surface area contributed by atoms with Crippen molar-refractivity contribution in [3.63, 3.8) is 0 Å².